The Labute approximate surface area is 161 Å². The molecule has 138 valence electrons. The molecule has 1 aromatic heterocycles. The van der Waals surface area contributed by atoms with E-state index >= 15 is 0 Å². The third-order valence-corrected chi connectivity index (χ3v) is 4.53. The SMILES string of the molecule is COc1ccc2nc(-c3ccc([N+](=O)[O-])cc3)nc(Cc3ccccc3)c2c1. The molecule has 0 spiro atoms. The van der Waals surface area contributed by atoms with Crippen LogP contribution in [0.5, 0.6) is 5.75 Å². The molecule has 4 aromatic rings. The van der Waals surface area contributed by atoms with Crippen molar-refractivity contribution >= 4 is 16.6 Å². The van der Waals surface area contributed by atoms with Crippen molar-refractivity contribution in [3.63, 3.8) is 0 Å². The van der Waals surface area contributed by atoms with E-state index in [1.54, 1.807) is 19.2 Å². The molecule has 0 unspecified atom stereocenters. The summed E-state index contributed by atoms with van der Waals surface area (Å²) >= 11 is 0. The maximum atomic E-state index is 10.9. The summed E-state index contributed by atoms with van der Waals surface area (Å²) < 4.78 is 5.36. The van der Waals surface area contributed by atoms with E-state index in [1.807, 2.05) is 36.4 Å². The molecule has 0 fully saturated rings. The number of nitrogens with zero attached hydrogens (tertiary/aromatic N) is 3. The number of ether oxygens (including phenoxy) is 1. The fourth-order valence-electron chi connectivity index (χ4n) is 3.08. The van der Waals surface area contributed by atoms with E-state index in [2.05, 4.69) is 17.1 Å². The summed E-state index contributed by atoms with van der Waals surface area (Å²) in [6, 6.07) is 22.1. The molecule has 3 aromatic carbocycles. The number of hydrogen-bond donors (Lipinski definition) is 0. The fraction of sp³-hybridized carbons (Fsp3) is 0.0909. The number of benzene rings is 3. The minimum absolute atomic E-state index is 0.0405. The maximum absolute atomic E-state index is 10.9. The van der Waals surface area contributed by atoms with Crippen LogP contribution >= 0.6 is 0 Å². The highest BCUT2D eigenvalue weighted by Gasteiger charge is 2.13. The molecule has 4 rings (SSSR count). The van der Waals surface area contributed by atoms with Crippen molar-refractivity contribution in [1.82, 2.24) is 9.97 Å². The number of non-ortho nitro benzene ring substituents is 1. The van der Waals surface area contributed by atoms with Crippen LogP contribution in [0.25, 0.3) is 22.3 Å². The standard InChI is InChI=1S/C22H17N3O3/c1-28-18-11-12-20-19(14-18)21(13-15-5-3-2-4-6-15)24-22(23-20)16-7-9-17(10-8-16)25(26)27/h2-12,14H,13H2,1H3. The number of hydrogen-bond acceptors (Lipinski definition) is 5. The first-order valence-corrected chi connectivity index (χ1v) is 8.77. The molecular weight excluding hydrogens is 354 g/mol. The lowest BCUT2D eigenvalue weighted by molar-refractivity contribution is -0.384. The van der Waals surface area contributed by atoms with Crippen molar-refractivity contribution < 1.29 is 9.66 Å². The molecule has 0 aliphatic heterocycles. The average Bonchev–Trinajstić information content (AvgIpc) is 2.74. The van der Waals surface area contributed by atoms with E-state index in [-0.39, 0.29) is 5.69 Å². The van der Waals surface area contributed by atoms with Crippen molar-refractivity contribution in [3.05, 3.63) is 94.2 Å². The van der Waals surface area contributed by atoms with E-state index in [0.717, 1.165) is 33.5 Å². The topological polar surface area (TPSA) is 78.2 Å². The minimum atomic E-state index is -0.419. The van der Waals surface area contributed by atoms with Crippen LogP contribution < -0.4 is 4.74 Å². The van der Waals surface area contributed by atoms with Crippen molar-refractivity contribution in [2.45, 2.75) is 6.42 Å². The molecule has 6 heteroatoms. The van der Waals surface area contributed by atoms with Crippen molar-refractivity contribution in [2.75, 3.05) is 7.11 Å². The Morgan fingerprint density at radius 3 is 2.39 bits per heavy atom. The predicted molar refractivity (Wildman–Crippen MR) is 107 cm³/mol. The summed E-state index contributed by atoms with van der Waals surface area (Å²) in [4.78, 5) is 19.9. The van der Waals surface area contributed by atoms with Crippen LogP contribution in [-0.4, -0.2) is 22.0 Å². The van der Waals surface area contributed by atoms with Crippen molar-refractivity contribution in [2.24, 2.45) is 0 Å². The zero-order chi connectivity index (χ0) is 19.5. The summed E-state index contributed by atoms with van der Waals surface area (Å²) in [5.41, 5.74) is 3.59. The molecule has 0 radical (unpaired) electrons. The zero-order valence-corrected chi connectivity index (χ0v) is 15.2. The van der Waals surface area contributed by atoms with Crippen LogP contribution in [0, 0.1) is 10.1 Å². The highest BCUT2D eigenvalue weighted by Crippen LogP contribution is 2.27. The van der Waals surface area contributed by atoms with Gasteiger partial charge >= 0.3 is 0 Å². The van der Waals surface area contributed by atoms with Gasteiger partial charge in [0.05, 0.1) is 23.2 Å². The van der Waals surface area contributed by atoms with Gasteiger partial charge in [0.2, 0.25) is 0 Å². The van der Waals surface area contributed by atoms with Crippen LogP contribution in [0.15, 0.2) is 72.8 Å². The molecule has 28 heavy (non-hydrogen) atoms. The minimum Gasteiger partial charge on any atom is -0.497 e. The zero-order valence-electron chi connectivity index (χ0n) is 15.2. The van der Waals surface area contributed by atoms with Crippen LogP contribution in [0.2, 0.25) is 0 Å². The Kier molecular flexibility index (Phi) is 4.68. The molecule has 0 atom stereocenters. The van der Waals surface area contributed by atoms with Gasteiger partial charge in [-0.1, -0.05) is 30.3 Å². The number of aromatic nitrogens is 2. The summed E-state index contributed by atoms with van der Waals surface area (Å²) in [5.74, 6) is 1.28. The second kappa shape index (κ2) is 7.44. The third kappa shape index (κ3) is 3.53. The van der Waals surface area contributed by atoms with E-state index in [0.29, 0.717) is 12.2 Å². The lowest BCUT2D eigenvalue weighted by Crippen LogP contribution is -2.00. The Morgan fingerprint density at radius 2 is 1.71 bits per heavy atom. The number of nitro groups is 1. The van der Waals surface area contributed by atoms with Gasteiger partial charge in [-0.3, -0.25) is 10.1 Å². The molecule has 6 nitrogen and oxygen atoms in total. The lowest BCUT2D eigenvalue weighted by Gasteiger charge is -2.10. The number of fused-ring (bicyclic) bond motifs is 1. The summed E-state index contributed by atoms with van der Waals surface area (Å²) in [7, 11) is 1.63. The van der Waals surface area contributed by atoms with Crippen LogP contribution in [0.4, 0.5) is 5.69 Å². The van der Waals surface area contributed by atoms with Gasteiger partial charge in [-0.05, 0) is 35.9 Å². The monoisotopic (exact) mass is 371 g/mol. The van der Waals surface area contributed by atoms with Crippen LogP contribution in [-0.2, 0) is 6.42 Å². The van der Waals surface area contributed by atoms with Gasteiger partial charge in [0.25, 0.3) is 5.69 Å². The van der Waals surface area contributed by atoms with Gasteiger partial charge in [0.15, 0.2) is 5.82 Å². The summed E-state index contributed by atoms with van der Waals surface area (Å²) in [5, 5.41) is 11.8. The largest absolute Gasteiger partial charge is 0.497 e. The molecule has 0 aliphatic carbocycles. The van der Waals surface area contributed by atoms with Gasteiger partial charge in [-0.15, -0.1) is 0 Å². The molecule has 0 N–H and O–H groups in total. The summed E-state index contributed by atoms with van der Waals surface area (Å²) in [6.07, 6.45) is 0.646. The molecule has 1 heterocycles. The second-order valence-electron chi connectivity index (χ2n) is 6.34. The van der Waals surface area contributed by atoms with E-state index in [1.165, 1.54) is 12.1 Å². The van der Waals surface area contributed by atoms with Gasteiger partial charge in [0, 0.05) is 29.5 Å². The van der Waals surface area contributed by atoms with E-state index in [4.69, 9.17) is 9.72 Å². The van der Waals surface area contributed by atoms with Gasteiger partial charge < -0.3 is 4.74 Å². The first kappa shape index (κ1) is 17.6. The number of rotatable bonds is 5. The van der Waals surface area contributed by atoms with Crippen LogP contribution in [0.3, 0.4) is 0 Å². The smallest absolute Gasteiger partial charge is 0.269 e. The fourth-order valence-corrected chi connectivity index (χ4v) is 3.08. The molecule has 0 saturated heterocycles. The lowest BCUT2D eigenvalue weighted by atomic mass is 10.0. The van der Waals surface area contributed by atoms with Crippen molar-refractivity contribution in [1.29, 1.82) is 0 Å². The van der Waals surface area contributed by atoms with E-state index < -0.39 is 4.92 Å². The maximum Gasteiger partial charge on any atom is 0.269 e. The molecule has 0 aliphatic rings. The Bertz CT molecular complexity index is 1140. The second-order valence-corrected chi connectivity index (χ2v) is 6.34. The Hall–Kier alpha value is -3.80. The van der Waals surface area contributed by atoms with Crippen LogP contribution in [0.1, 0.15) is 11.3 Å². The Morgan fingerprint density at radius 1 is 0.964 bits per heavy atom. The quantitative estimate of drug-likeness (QED) is 0.372. The molecule has 0 saturated carbocycles. The highest BCUT2D eigenvalue weighted by molar-refractivity contribution is 5.84. The van der Waals surface area contributed by atoms with Gasteiger partial charge in [0.1, 0.15) is 5.75 Å². The highest BCUT2D eigenvalue weighted by atomic mass is 16.6. The van der Waals surface area contributed by atoms with E-state index in [9.17, 15) is 10.1 Å². The average molecular weight is 371 g/mol. The number of nitro benzene ring substituents is 1. The van der Waals surface area contributed by atoms with Gasteiger partial charge in [-0.2, -0.15) is 0 Å². The first-order chi connectivity index (χ1) is 13.6. The molecule has 0 bridgehead atoms. The summed E-state index contributed by atoms with van der Waals surface area (Å²) in [6.45, 7) is 0. The first-order valence-electron chi connectivity index (χ1n) is 8.77. The normalized spacial score (nSPS) is 10.8. The Balaban J connectivity index is 1.84. The predicted octanol–water partition coefficient (Wildman–Crippen LogP) is 4.80. The third-order valence-electron chi connectivity index (χ3n) is 4.53. The van der Waals surface area contributed by atoms with Crippen molar-refractivity contribution in [3.8, 4) is 17.1 Å². The molecular formula is C22H17N3O3. The molecule has 0 amide bonds. The van der Waals surface area contributed by atoms with Gasteiger partial charge in [-0.25, -0.2) is 9.97 Å². The number of methoxy groups -OCH3 is 1.